The number of aryl methyl sites for hydroxylation is 1. The van der Waals surface area contributed by atoms with Gasteiger partial charge in [-0.3, -0.25) is 9.69 Å². The van der Waals surface area contributed by atoms with Gasteiger partial charge in [-0.1, -0.05) is 6.58 Å². The molecule has 40 heavy (non-hydrogen) atoms. The Labute approximate surface area is 232 Å². The lowest BCUT2D eigenvalue weighted by Gasteiger charge is -2.31. The van der Waals surface area contributed by atoms with Crippen LogP contribution >= 0.6 is 0 Å². The first-order valence-electron chi connectivity index (χ1n) is 13.1. The lowest BCUT2D eigenvalue weighted by Crippen LogP contribution is -2.36. The number of β-amino-alcohol motifs (C(OH)–C–C–N with tert-alkyl or cyclic N) is 2. The molecule has 2 aliphatic heterocycles. The number of aromatic nitrogens is 4. The lowest BCUT2D eigenvalue weighted by molar-refractivity contribution is -0.111. The summed E-state index contributed by atoms with van der Waals surface area (Å²) < 4.78 is 12.9. The molecule has 4 heterocycles. The summed E-state index contributed by atoms with van der Waals surface area (Å²) in [5.74, 6) is 1.14. The van der Waals surface area contributed by atoms with Gasteiger partial charge in [0.15, 0.2) is 5.82 Å². The van der Waals surface area contributed by atoms with Gasteiger partial charge in [0.25, 0.3) is 0 Å². The number of morpholine rings is 1. The summed E-state index contributed by atoms with van der Waals surface area (Å²) in [6.07, 6.45) is 5.07. The Kier molecular flexibility index (Phi) is 8.26. The maximum Gasteiger partial charge on any atom is 0.247 e. The third-order valence-electron chi connectivity index (χ3n) is 6.90. The molecule has 1 amide bonds. The third kappa shape index (κ3) is 6.07. The Morgan fingerprint density at radius 1 is 1.20 bits per heavy atom. The van der Waals surface area contributed by atoms with E-state index in [2.05, 4.69) is 32.2 Å². The first-order chi connectivity index (χ1) is 19.3. The van der Waals surface area contributed by atoms with Gasteiger partial charge in [0.2, 0.25) is 11.9 Å². The highest BCUT2D eigenvalue weighted by molar-refractivity contribution is 6.02. The predicted octanol–water partition coefficient (Wildman–Crippen LogP) is 1.22. The number of carbonyl (C=O) groups excluding carboxylic acids is 1. The number of benzene rings is 1. The Morgan fingerprint density at radius 3 is 2.65 bits per heavy atom. The maximum atomic E-state index is 12.2. The van der Waals surface area contributed by atoms with Crippen molar-refractivity contribution in [2.75, 3.05) is 62.0 Å². The molecule has 0 unspecified atom stereocenters. The van der Waals surface area contributed by atoms with E-state index in [0.717, 1.165) is 16.8 Å². The van der Waals surface area contributed by atoms with Crippen LogP contribution in [0.4, 0.5) is 23.0 Å². The monoisotopic (exact) mass is 550 g/mol. The fourth-order valence-corrected chi connectivity index (χ4v) is 4.82. The second kappa shape index (κ2) is 12.0. The largest absolute Gasteiger partial charge is 0.494 e. The summed E-state index contributed by atoms with van der Waals surface area (Å²) in [5.41, 5.74) is 3.73. The van der Waals surface area contributed by atoms with Crippen LogP contribution in [-0.4, -0.2) is 99.5 Å². The fraction of sp³-hybridized carbons (Fsp3) is 0.407. The van der Waals surface area contributed by atoms with E-state index in [-0.39, 0.29) is 5.91 Å². The van der Waals surface area contributed by atoms with Crippen molar-refractivity contribution in [2.45, 2.75) is 25.7 Å². The van der Waals surface area contributed by atoms with Crippen LogP contribution in [0.1, 0.15) is 11.1 Å². The van der Waals surface area contributed by atoms with E-state index >= 15 is 0 Å². The zero-order valence-corrected chi connectivity index (χ0v) is 22.6. The van der Waals surface area contributed by atoms with Gasteiger partial charge >= 0.3 is 0 Å². The molecule has 0 spiro atoms. The second-order valence-electron chi connectivity index (χ2n) is 9.81. The molecule has 2 aromatic heterocycles. The van der Waals surface area contributed by atoms with Crippen molar-refractivity contribution >= 4 is 28.9 Å². The molecule has 0 saturated carbocycles. The van der Waals surface area contributed by atoms with Crippen LogP contribution in [0.3, 0.4) is 0 Å². The Balaban J connectivity index is 1.40. The summed E-state index contributed by atoms with van der Waals surface area (Å²) in [7, 11) is 1.58. The van der Waals surface area contributed by atoms with Gasteiger partial charge < -0.3 is 35.2 Å². The predicted molar refractivity (Wildman–Crippen MR) is 149 cm³/mol. The summed E-state index contributed by atoms with van der Waals surface area (Å²) in [5, 5.41) is 30.3. The molecule has 13 nitrogen and oxygen atoms in total. The number of hydrogen-bond acceptors (Lipinski definition) is 11. The van der Waals surface area contributed by atoms with E-state index in [1.165, 1.54) is 6.08 Å². The minimum absolute atomic E-state index is 0.321. The maximum absolute atomic E-state index is 12.2. The summed E-state index contributed by atoms with van der Waals surface area (Å²) >= 11 is 0. The van der Waals surface area contributed by atoms with Crippen molar-refractivity contribution in [3.05, 3.63) is 54.5 Å². The number of ether oxygens (including phenoxy) is 2. The number of rotatable bonds is 9. The normalized spacial score (nSPS) is 19.4. The van der Waals surface area contributed by atoms with Crippen LogP contribution < -0.4 is 20.3 Å². The van der Waals surface area contributed by atoms with Crippen molar-refractivity contribution in [3.63, 3.8) is 0 Å². The number of amides is 1. The molecule has 1 aromatic carbocycles. The first-order valence-corrected chi connectivity index (χ1v) is 13.1. The molecule has 2 saturated heterocycles. The number of hydrogen-bond donors (Lipinski definition) is 4. The van der Waals surface area contributed by atoms with Crippen molar-refractivity contribution in [1.29, 1.82) is 0 Å². The molecule has 13 heteroatoms. The molecule has 2 fully saturated rings. The number of likely N-dealkylation sites (tertiary alicyclic amines) is 1. The Morgan fingerprint density at radius 2 is 1.95 bits per heavy atom. The Hall–Kier alpha value is -4.04. The number of methoxy groups -OCH3 is 1. The standard InChI is InChI=1S/C27H34N8O5/c1-4-25(38)30-19-9-20(24(39-3)10-21(19)34-5-7-40-8-6-34)31-27-28-11-17(2)26(32-27)35-14-18(12-29-35)13-33-15-22(36)23(37)16-33/h4,9-12,14,22-23,36-37H,1,5-8,13,15-16H2,2-3H3,(H,30,38)(H,28,31,32)/t22-,23+. The summed E-state index contributed by atoms with van der Waals surface area (Å²) in [6.45, 7) is 9.39. The number of aliphatic hydroxyl groups is 2. The molecular formula is C27H34N8O5. The summed E-state index contributed by atoms with van der Waals surface area (Å²) in [4.78, 5) is 25.5. The van der Waals surface area contributed by atoms with E-state index in [1.54, 1.807) is 30.3 Å². The van der Waals surface area contributed by atoms with Gasteiger partial charge in [-0.15, -0.1) is 0 Å². The van der Waals surface area contributed by atoms with Crippen LogP contribution in [0.5, 0.6) is 5.75 Å². The number of carbonyl (C=O) groups is 1. The molecule has 0 radical (unpaired) electrons. The van der Waals surface area contributed by atoms with Crippen LogP contribution in [0.15, 0.2) is 43.4 Å². The molecule has 212 valence electrons. The minimum Gasteiger partial charge on any atom is -0.494 e. The minimum atomic E-state index is -0.738. The van der Waals surface area contributed by atoms with Crippen molar-refractivity contribution in [3.8, 4) is 11.6 Å². The first kappa shape index (κ1) is 27.5. The van der Waals surface area contributed by atoms with E-state index in [1.807, 2.05) is 24.1 Å². The second-order valence-corrected chi connectivity index (χ2v) is 9.81. The molecule has 0 bridgehead atoms. The molecule has 5 rings (SSSR count). The average Bonchev–Trinajstić information content (AvgIpc) is 3.55. The van der Waals surface area contributed by atoms with E-state index in [9.17, 15) is 15.0 Å². The van der Waals surface area contributed by atoms with Crippen LogP contribution in [-0.2, 0) is 16.1 Å². The SMILES string of the molecule is C=CC(=O)Nc1cc(Nc2ncc(C)c(-n3cc(CN4C[C@@H](O)[C@@H](O)C4)cn3)n2)c(OC)cc1N1CCOCC1. The Bertz CT molecular complexity index is 1360. The number of nitrogens with zero attached hydrogens (tertiary/aromatic N) is 6. The molecular weight excluding hydrogens is 516 g/mol. The van der Waals surface area contributed by atoms with Crippen molar-refractivity contribution in [1.82, 2.24) is 24.6 Å². The van der Waals surface area contributed by atoms with E-state index < -0.39 is 12.2 Å². The zero-order chi connectivity index (χ0) is 28.2. The van der Waals surface area contributed by atoms with E-state index in [0.29, 0.717) is 74.8 Å². The lowest BCUT2D eigenvalue weighted by atomic mass is 10.1. The van der Waals surface area contributed by atoms with Gasteiger partial charge in [0, 0.05) is 62.3 Å². The topological polar surface area (TPSA) is 150 Å². The number of nitrogens with one attached hydrogen (secondary N) is 2. The van der Waals surface area contributed by atoms with Gasteiger partial charge in [-0.05, 0) is 19.1 Å². The quantitative estimate of drug-likeness (QED) is 0.285. The molecule has 3 aromatic rings. The number of anilines is 4. The van der Waals surface area contributed by atoms with Crippen LogP contribution in [0.2, 0.25) is 0 Å². The fourth-order valence-electron chi connectivity index (χ4n) is 4.82. The smallest absolute Gasteiger partial charge is 0.247 e. The van der Waals surface area contributed by atoms with Crippen molar-refractivity contribution < 1.29 is 24.5 Å². The summed E-state index contributed by atoms with van der Waals surface area (Å²) in [6, 6.07) is 3.66. The van der Waals surface area contributed by atoms with Gasteiger partial charge in [0.05, 0.1) is 55.8 Å². The molecule has 4 N–H and O–H groups in total. The third-order valence-corrected chi connectivity index (χ3v) is 6.90. The van der Waals surface area contributed by atoms with E-state index in [4.69, 9.17) is 14.5 Å². The number of aliphatic hydroxyl groups excluding tert-OH is 2. The highest BCUT2D eigenvalue weighted by Gasteiger charge is 2.29. The molecule has 0 aliphatic carbocycles. The van der Waals surface area contributed by atoms with Crippen molar-refractivity contribution in [2.24, 2.45) is 0 Å². The average molecular weight is 551 g/mol. The van der Waals surface area contributed by atoms with Gasteiger partial charge in [-0.2, -0.15) is 10.1 Å². The van der Waals surface area contributed by atoms with Gasteiger partial charge in [0.1, 0.15) is 5.75 Å². The highest BCUT2D eigenvalue weighted by Crippen LogP contribution is 2.38. The molecule has 2 atom stereocenters. The highest BCUT2D eigenvalue weighted by atomic mass is 16.5. The van der Waals surface area contributed by atoms with Gasteiger partial charge in [-0.25, -0.2) is 9.67 Å². The van der Waals surface area contributed by atoms with Crippen LogP contribution in [0, 0.1) is 6.92 Å². The zero-order valence-electron chi connectivity index (χ0n) is 22.6. The molecule has 2 aliphatic rings. The van der Waals surface area contributed by atoms with Crippen LogP contribution in [0.25, 0.3) is 5.82 Å².